The van der Waals surface area contributed by atoms with Crippen LogP contribution in [0.4, 0.5) is 5.69 Å². The molecule has 1 aromatic heterocycles. The Morgan fingerprint density at radius 3 is 2.43 bits per heavy atom. The molecule has 1 N–H and O–H groups in total. The first kappa shape index (κ1) is 19.2. The number of anilines is 1. The molecule has 0 saturated heterocycles. The van der Waals surface area contributed by atoms with Crippen LogP contribution < -0.4 is 5.32 Å². The highest BCUT2D eigenvalue weighted by molar-refractivity contribution is 14.1. The molecule has 0 atom stereocenters. The van der Waals surface area contributed by atoms with Crippen LogP contribution >= 0.6 is 45.8 Å². The number of pyridine rings is 1. The number of carbonyl (C=O) groups is 1. The van der Waals surface area contributed by atoms with Gasteiger partial charge in [-0.05, 0) is 77.2 Å². The average Bonchev–Trinajstić information content (AvgIpc) is 2.69. The fraction of sp³-hybridized carbons (Fsp3) is 0. The van der Waals surface area contributed by atoms with Crippen LogP contribution in [-0.2, 0) is 0 Å². The second-order valence-corrected chi connectivity index (χ2v) is 8.25. The van der Waals surface area contributed by atoms with E-state index in [2.05, 4.69) is 32.9 Å². The molecule has 138 valence electrons. The Bertz CT molecular complexity index is 1190. The summed E-state index contributed by atoms with van der Waals surface area (Å²) in [6.45, 7) is 0. The SMILES string of the molecule is O=C(Nc1ccc(I)cc1)c1cc(-c2ccc(Cl)cc2Cl)nc2ccccc12. The molecule has 4 rings (SSSR count). The molecule has 0 fully saturated rings. The van der Waals surface area contributed by atoms with Crippen molar-refractivity contribution < 1.29 is 4.79 Å². The summed E-state index contributed by atoms with van der Waals surface area (Å²) >= 11 is 14.6. The number of carbonyl (C=O) groups excluding carboxylic acids is 1. The summed E-state index contributed by atoms with van der Waals surface area (Å²) in [6, 6.07) is 22.2. The number of amides is 1. The molecular formula is C22H13Cl2IN2O. The van der Waals surface area contributed by atoms with E-state index in [1.807, 2.05) is 54.6 Å². The van der Waals surface area contributed by atoms with Crippen molar-refractivity contribution in [1.29, 1.82) is 0 Å². The Balaban J connectivity index is 1.82. The molecule has 1 heterocycles. The molecule has 1 amide bonds. The number of halogens is 3. The molecule has 0 aliphatic heterocycles. The molecule has 6 heteroatoms. The third kappa shape index (κ3) is 3.99. The van der Waals surface area contributed by atoms with Gasteiger partial charge in [0.15, 0.2) is 0 Å². The fourth-order valence-electron chi connectivity index (χ4n) is 2.93. The maximum atomic E-state index is 13.0. The van der Waals surface area contributed by atoms with Gasteiger partial charge in [0, 0.05) is 25.2 Å². The number of hydrogen-bond acceptors (Lipinski definition) is 2. The number of fused-ring (bicyclic) bond motifs is 1. The van der Waals surface area contributed by atoms with E-state index in [4.69, 9.17) is 23.2 Å². The van der Waals surface area contributed by atoms with Crippen molar-refractivity contribution >= 4 is 68.3 Å². The minimum Gasteiger partial charge on any atom is -0.322 e. The van der Waals surface area contributed by atoms with Gasteiger partial charge < -0.3 is 5.32 Å². The third-order valence-electron chi connectivity index (χ3n) is 4.27. The van der Waals surface area contributed by atoms with E-state index >= 15 is 0 Å². The number of rotatable bonds is 3. The molecule has 3 aromatic carbocycles. The van der Waals surface area contributed by atoms with E-state index in [0.29, 0.717) is 21.3 Å². The van der Waals surface area contributed by atoms with Gasteiger partial charge in [0.1, 0.15) is 0 Å². The van der Waals surface area contributed by atoms with Gasteiger partial charge in [-0.2, -0.15) is 0 Å². The molecule has 0 aliphatic rings. The van der Waals surface area contributed by atoms with Crippen molar-refractivity contribution in [2.24, 2.45) is 0 Å². The molecule has 3 nitrogen and oxygen atoms in total. The lowest BCUT2D eigenvalue weighted by Gasteiger charge is -2.12. The van der Waals surface area contributed by atoms with Gasteiger partial charge in [-0.15, -0.1) is 0 Å². The van der Waals surface area contributed by atoms with Crippen molar-refractivity contribution in [1.82, 2.24) is 4.98 Å². The van der Waals surface area contributed by atoms with Gasteiger partial charge in [-0.3, -0.25) is 4.79 Å². The van der Waals surface area contributed by atoms with Crippen molar-refractivity contribution in [3.8, 4) is 11.3 Å². The molecule has 0 bridgehead atoms. The Labute approximate surface area is 185 Å². The van der Waals surface area contributed by atoms with Gasteiger partial charge in [-0.25, -0.2) is 4.98 Å². The molecule has 4 aromatic rings. The van der Waals surface area contributed by atoms with E-state index in [-0.39, 0.29) is 5.91 Å². The van der Waals surface area contributed by atoms with Crippen LogP contribution in [0.15, 0.2) is 72.8 Å². The lowest BCUT2D eigenvalue weighted by atomic mass is 10.0. The van der Waals surface area contributed by atoms with E-state index in [9.17, 15) is 4.79 Å². The topological polar surface area (TPSA) is 42.0 Å². The monoisotopic (exact) mass is 518 g/mol. The summed E-state index contributed by atoms with van der Waals surface area (Å²) < 4.78 is 1.10. The maximum Gasteiger partial charge on any atom is 0.256 e. The smallest absolute Gasteiger partial charge is 0.256 e. The standard InChI is InChI=1S/C22H13Cl2IN2O/c23-13-5-10-17(19(24)11-13)21-12-18(16-3-1-2-4-20(16)27-21)22(28)26-15-8-6-14(25)7-9-15/h1-12H,(H,26,28). The number of nitrogens with one attached hydrogen (secondary N) is 1. The number of aromatic nitrogens is 1. The van der Waals surface area contributed by atoms with E-state index < -0.39 is 0 Å². The van der Waals surface area contributed by atoms with Crippen LogP contribution in [0.3, 0.4) is 0 Å². The Morgan fingerprint density at radius 1 is 0.929 bits per heavy atom. The van der Waals surface area contributed by atoms with Gasteiger partial charge in [0.25, 0.3) is 5.91 Å². The Hall–Kier alpha value is -2.15. The highest BCUT2D eigenvalue weighted by Crippen LogP contribution is 2.32. The van der Waals surface area contributed by atoms with E-state index in [0.717, 1.165) is 25.7 Å². The quantitative estimate of drug-likeness (QED) is 0.295. The normalized spacial score (nSPS) is 10.8. The van der Waals surface area contributed by atoms with E-state index in [1.165, 1.54) is 0 Å². The first-order chi connectivity index (χ1) is 13.5. The van der Waals surface area contributed by atoms with Crippen molar-refractivity contribution in [3.05, 3.63) is 92.0 Å². The summed E-state index contributed by atoms with van der Waals surface area (Å²) in [6.07, 6.45) is 0. The summed E-state index contributed by atoms with van der Waals surface area (Å²) in [5, 5.41) is 4.77. The molecule has 0 radical (unpaired) electrons. The molecule has 0 saturated carbocycles. The zero-order valence-corrected chi connectivity index (χ0v) is 18.1. The maximum absolute atomic E-state index is 13.0. The van der Waals surface area contributed by atoms with Crippen LogP contribution in [0.25, 0.3) is 22.2 Å². The largest absolute Gasteiger partial charge is 0.322 e. The summed E-state index contributed by atoms with van der Waals surface area (Å²) in [5.41, 5.74) is 3.33. The first-order valence-corrected chi connectivity index (χ1v) is 10.3. The minimum atomic E-state index is -0.203. The zero-order valence-electron chi connectivity index (χ0n) is 14.4. The number of para-hydroxylation sites is 1. The van der Waals surface area contributed by atoms with Crippen molar-refractivity contribution in [2.45, 2.75) is 0 Å². The number of hydrogen-bond donors (Lipinski definition) is 1. The summed E-state index contributed by atoms with van der Waals surface area (Å²) in [7, 11) is 0. The predicted molar refractivity (Wildman–Crippen MR) is 124 cm³/mol. The first-order valence-electron chi connectivity index (χ1n) is 8.43. The van der Waals surface area contributed by atoms with Crippen LogP contribution in [0.1, 0.15) is 10.4 Å². The molecule has 28 heavy (non-hydrogen) atoms. The van der Waals surface area contributed by atoms with E-state index in [1.54, 1.807) is 18.2 Å². The van der Waals surface area contributed by atoms with Gasteiger partial charge in [-0.1, -0.05) is 41.4 Å². The Kier molecular flexibility index (Phi) is 5.53. The van der Waals surface area contributed by atoms with Gasteiger partial charge in [0.05, 0.1) is 21.8 Å². The summed E-state index contributed by atoms with van der Waals surface area (Å²) in [4.78, 5) is 17.7. The molecule has 0 spiro atoms. The highest BCUT2D eigenvalue weighted by atomic mass is 127. The van der Waals surface area contributed by atoms with Crippen LogP contribution in [0, 0.1) is 3.57 Å². The Morgan fingerprint density at radius 2 is 1.68 bits per heavy atom. The molecule has 0 aliphatic carbocycles. The lowest BCUT2D eigenvalue weighted by Crippen LogP contribution is -2.13. The predicted octanol–water partition coefficient (Wildman–Crippen LogP) is 7.07. The third-order valence-corrected chi connectivity index (χ3v) is 5.54. The number of nitrogens with zero attached hydrogens (tertiary/aromatic N) is 1. The number of benzene rings is 3. The van der Waals surface area contributed by atoms with Gasteiger partial charge in [0.2, 0.25) is 0 Å². The van der Waals surface area contributed by atoms with Crippen LogP contribution in [0.5, 0.6) is 0 Å². The average molecular weight is 519 g/mol. The highest BCUT2D eigenvalue weighted by Gasteiger charge is 2.15. The second kappa shape index (κ2) is 8.07. The molecular weight excluding hydrogens is 506 g/mol. The van der Waals surface area contributed by atoms with Crippen LogP contribution in [-0.4, -0.2) is 10.9 Å². The minimum absolute atomic E-state index is 0.203. The zero-order chi connectivity index (χ0) is 19.7. The van der Waals surface area contributed by atoms with Crippen molar-refractivity contribution in [2.75, 3.05) is 5.32 Å². The molecule has 0 unspecified atom stereocenters. The van der Waals surface area contributed by atoms with Gasteiger partial charge >= 0.3 is 0 Å². The second-order valence-electron chi connectivity index (χ2n) is 6.16. The fourth-order valence-corrected chi connectivity index (χ4v) is 3.79. The van der Waals surface area contributed by atoms with Crippen molar-refractivity contribution in [3.63, 3.8) is 0 Å². The summed E-state index contributed by atoms with van der Waals surface area (Å²) in [5.74, 6) is -0.203. The lowest BCUT2D eigenvalue weighted by molar-refractivity contribution is 0.102. The van der Waals surface area contributed by atoms with Crippen LogP contribution in [0.2, 0.25) is 10.0 Å².